The first-order chi connectivity index (χ1) is 9.10. The zero-order valence-electron chi connectivity index (χ0n) is 12.2. The van der Waals surface area contributed by atoms with E-state index in [2.05, 4.69) is 0 Å². The van der Waals surface area contributed by atoms with Crippen LogP contribution < -0.4 is 0 Å². The van der Waals surface area contributed by atoms with E-state index in [1.807, 2.05) is 13.0 Å². The van der Waals surface area contributed by atoms with Crippen LogP contribution >= 0.6 is 0 Å². The number of alkyl halides is 3. The summed E-state index contributed by atoms with van der Waals surface area (Å²) in [5.74, 6) is -0.277. The minimum absolute atomic E-state index is 0.221. The van der Waals surface area contributed by atoms with E-state index in [4.69, 9.17) is 0 Å². The molecule has 0 aliphatic rings. The monoisotopic (exact) mass is 287 g/mol. The summed E-state index contributed by atoms with van der Waals surface area (Å²) in [5, 5.41) is 0. The molecule has 0 N–H and O–H groups in total. The van der Waals surface area contributed by atoms with E-state index < -0.39 is 12.7 Å². The van der Waals surface area contributed by atoms with Gasteiger partial charge in [-0.2, -0.15) is 13.2 Å². The van der Waals surface area contributed by atoms with E-state index in [0.29, 0.717) is 5.56 Å². The fourth-order valence-electron chi connectivity index (χ4n) is 2.05. The molecule has 5 heteroatoms. The highest BCUT2D eigenvalue weighted by Crippen LogP contribution is 2.19. The third-order valence-electron chi connectivity index (χ3n) is 3.14. The summed E-state index contributed by atoms with van der Waals surface area (Å²) in [7, 11) is 0. The largest absolute Gasteiger partial charge is 0.401 e. The van der Waals surface area contributed by atoms with Gasteiger partial charge < -0.3 is 0 Å². The maximum atomic E-state index is 12.5. The molecule has 20 heavy (non-hydrogen) atoms. The van der Waals surface area contributed by atoms with Crippen LogP contribution in [0, 0.1) is 13.8 Å². The van der Waals surface area contributed by atoms with Crippen LogP contribution in [0.15, 0.2) is 18.2 Å². The molecule has 0 aliphatic heterocycles. The predicted octanol–water partition coefficient (Wildman–Crippen LogP) is 3.76. The van der Waals surface area contributed by atoms with Gasteiger partial charge in [-0.25, -0.2) is 0 Å². The molecule has 1 aromatic carbocycles. The Hall–Kier alpha value is -1.36. The zero-order valence-corrected chi connectivity index (χ0v) is 12.2. The number of ketones is 1. The fraction of sp³-hybridized carbons (Fsp3) is 0.533. The molecule has 0 radical (unpaired) electrons. The van der Waals surface area contributed by atoms with Crippen LogP contribution in [0.4, 0.5) is 13.2 Å². The molecule has 2 nitrogen and oxygen atoms in total. The number of hydrogen-bond donors (Lipinski definition) is 0. The van der Waals surface area contributed by atoms with Gasteiger partial charge in [0.1, 0.15) is 0 Å². The Balaban J connectivity index is 2.86. The second-order valence-electron chi connectivity index (χ2n) is 5.36. The van der Waals surface area contributed by atoms with Gasteiger partial charge in [-0.15, -0.1) is 0 Å². The molecular formula is C15H20F3NO. The number of Topliss-reactive ketones (excluding diaryl/α,β-unsaturated/α-hetero) is 1. The normalized spacial score (nSPS) is 12.2. The van der Waals surface area contributed by atoms with Crippen molar-refractivity contribution in [3.63, 3.8) is 0 Å². The Bertz CT molecular complexity index is 480. The van der Waals surface area contributed by atoms with E-state index in [-0.39, 0.29) is 18.4 Å². The van der Waals surface area contributed by atoms with Gasteiger partial charge in [0.05, 0.1) is 13.1 Å². The third-order valence-corrected chi connectivity index (χ3v) is 3.14. The van der Waals surface area contributed by atoms with Crippen molar-refractivity contribution in [3.8, 4) is 0 Å². The highest BCUT2D eigenvalue weighted by Gasteiger charge is 2.32. The maximum Gasteiger partial charge on any atom is 0.401 e. The third kappa shape index (κ3) is 4.96. The number of rotatable bonds is 5. The summed E-state index contributed by atoms with van der Waals surface area (Å²) in [4.78, 5) is 13.3. The summed E-state index contributed by atoms with van der Waals surface area (Å²) < 4.78 is 37.5. The first-order valence-electron chi connectivity index (χ1n) is 6.51. The number of hydrogen-bond acceptors (Lipinski definition) is 2. The molecule has 0 heterocycles. The van der Waals surface area contributed by atoms with E-state index in [1.54, 1.807) is 32.9 Å². The van der Waals surface area contributed by atoms with Crippen molar-refractivity contribution in [1.82, 2.24) is 4.90 Å². The van der Waals surface area contributed by atoms with E-state index in [1.165, 1.54) is 0 Å². The van der Waals surface area contributed by atoms with Crippen LogP contribution in [-0.4, -0.2) is 36.0 Å². The standard InChI is InChI=1S/C15H20F3NO/c1-10(2)19(9-15(16,17)18)8-14(20)13-6-5-11(3)7-12(13)4/h5-7,10H,8-9H2,1-4H3. The summed E-state index contributed by atoms with van der Waals surface area (Å²) in [6, 6.07) is 4.99. The van der Waals surface area contributed by atoms with Crippen molar-refractivity contribution >= 4 is 5.78 Å². The average Bonchev–Trinajstić information content (AvgIpc) is 2.25. The van der Waals surface area contributed by atoms with Crippen LogP contribution in [-0.2, 0) is 0 Å². The lowest BCUT2D eigenvalue weighted by atomic mass is 10.0. The lowest BCUT2D eigenvalue weighted by Gasteiger charge is -2.26. The number of carbonyl (C=O) groups is 1. The molecule has 0 unspecified atom stereocenters. The summed E-state index contributed by atoms with van der Waals surface area (Å²) in [6.45, 7) is 5.72. The molecule has 1 aromatic rings. The number of nitrogens with zero attached hydrogens (tertiary/aromatic N) is 1. The van der Waals surface area contributed by atoms with Gasteiger partial charge in [-0.3, -0.25) is 9.69 Å². The summed E-state index contributed by atoms with van der Waals surface area (Å²) >= 11 is 0. The van der Waals surface area contributed by atoms with Crippen LogP contribution in [0.3, 0.4) is 0 Å². The molecule has 0 fully saturated rings. The highest BCUT2D eigenvalue weighted by molar-refractivity contribution is 5.99. The Kier molecular flexibility index (Phi) is 5.34. The quantitative estimate of drug-likeness (QED) is 0.769. The molecule has 0 atom stereocenters. The first kappa shape index (κ1) is 16.7. The van der Waals surface area contributed by atoms with Crippen molar-refractivity contribution in [2.24, 2.45) is 0 Å². The molecular weight excluding hydrogens is 267 g/mol. The van der Waals surface area contributed by atoms with Gasteiger partial charge in [0.2, 0.25) is 0 Å². The zero-order chi connectivity index (χ0) is 15.5. The molecule has 0 bridgehead atoms. The number of halogens is 3. The van der Waals surface area contributed by atoms with Gasteiger partial charge in [-0.1, -0.05) is 23.8 Å². The van der Waals surface area contributed by atoms with Crippen LogP contribution in [0.1, 0.15) is 35.3 Å². The fourth-order valence-corrected chi connectivity index (χ4v) is 2.05. The van der Waals surface area contributed by atoms with E-state index in [9.17, 15) is 18.0 Å². The van der Waals surface area contributed by atoms with E-state index >= 15 is 0 Å². The van der Waals surface area contributed by atoms with Gasteiger partial charge in [0, 0.05) is 11.6 Å². The molecule has 0 saturated carbocycles. The SMILES string of the molecule is Cc1ccc(C(=O)CN(CC(F)(F)F)C(C)C)c(C)c1. The number of aryl methyl sites for hydroxylation is 2. The minimum atomic E-state index is -4.30. The summed E-state index contributed by atoms with van der Waals surface area (Å²) in [5.41, 5.74) is 2.31. The highest BCUT2D eigenvalue weighted by atomic mass is 19.4. The second kappa shape index (κ2) is 6.39. The maximum absolute atomic E-state index is 12.5. The van der Waals surface area contributed by atoms with Gasteiger partial charge in [0.25, 0.3) is 0 Å². The van der Waals surface area contributed by atoms with Gasteiger partial charge in [-0.05, 0) is 33.3 Å². The lowest BCUT2D eigenvalue weighted by molar-refractivity contribution is -0.148. The number of benzene rings is 1. The predicted molar refractivity (Wildman–Crippen MR) is 73.0 cm³/mol. The molecule has 1 rings (SSSR count). The van der Waals surface area contributed by atoms with Crippen molar-refractivity contribution in [3.05, 3.63) is 34.9 Å². The molecule has 0 spiro atoms. The Morgan fingerprint density at radius 1 is 1.25 bits per heavy atom. The van der Waals surface area contributed by atoms with Crippen molar-refractivity contribution < 1.29 is 18.0 Å². The topological polar surface area (TPSA) is 20.3 Å². The second-order valence-corrected chi connectivity index (χ2v) is 5.36. The van der Waals surface area contributed by atoms with Gasteiger partial charge >= 0.3 is 6.18 Å². The Labute approximate surface area is 117 Å². The summed E-state index contributed by atoms with van der Waals surface area (Å²) in [6.07, 6.45) is -4.30. The van der Waals surface area contributed by atoms with Crippen molar-refractivity contribution in [2.45, 2.75) is 39.9 Å². The van der Waals surface area contributed by atoms with Crippen molar-refractivity contribution in [2.75, 3.05) is 13.1 Å². The molecule has 0 saturated heterocycles. The minimum Gasteiger partial charge on any atom is -0.293 e. The molecule has 0 aromatic heterocycles. The molecule has 0 aliphatic carbocycles. The lowest BCUT2D eigenvalue weighted by Crippen LogP contribution is -2.42. The average molecular weight is 287 g/mol. The van der Waals surface area contributed by atoms with Crippen LogP contribution in [0.25, 0.3) is 0 Å². The Morgan fingerprint density at radius 3 is 2.30 bits per heavy atom. The number of carbonyl (C=O) groups excluding carboxylic acids is 1. The van der Waals surface area contributed by atoms with Crippen LogP contribution in [0.5, 0.6) is 0 Å². The van der Waals surface area contributed by atoms with E-state index in [0.717, 1.165) is 16.0 Å². The van der Waals surface area contributed by atoms with Crippen LogP contribution in [0.2, 0.25) is 0 Å². The van der Waals surface area contributed by atoms with Crippen molar-refractivity contribution in [1.29, 1.82) is 0 Å². The molecule has 112 valence electrons. The molecule has 0 amide bonds. The first-order valence-corrected chi connectivity index (χ1v) is 6.51. The smallest absolute Gasteiger partial charge is 0.293 e. The Morgan fingerprint density at radius 2 is 1.85 bits per heavy atom. The van der Waals surface area contributed by atoms with Gasteiger partial charge in [0.15, 0.2) is 5.78 Å².